The molecular weight excluding hydrogens is 621 g/mol. The molecule has 2 heterocycles. The number of nitrogens with zero attached hydrogens (tertiary/aromatic N) is 4. The van der Waals surface area contributed by atoms with Crippen molar-refractivity contribution in [1.82, 2.24) is 19.9 Å². The van der Waals surface area contributed by atoms with Crippen LogP contribution in [0.15, 0.2) is 35.9 Å². The number of fused-ring (bicyclic) bond motifs is 1. The Morgan fingerprint density at radius 2 is 1.67 bits per heavy atom. The molecule has 1 aliphatic carbocycles. The molecule has 226 valence electrons. The van der Waals surface area contributed by atoms with E-state index in [-0.39, 0.29) is 41.0 Å². The Morgan fingerprint density at radius 1 is 1.10 bits per heavy atom. The van der Waals surface area contributed by atoms with Crippen molar-refractivity contribution in [3.63, 3.8) is 0 Å². The number of aromatic nitrogens is 4. The minimum absolute atomic E-state index is 0.0537. The fourth-order valence-corrected chi connectivity index (χ4v) is 5.09. The second kappa shape index (κ2) is 11.8. The topological polar surface area (TPSA) is 111 Å². The molecule has 18 heteroatoms. The van der Waals surface area contributed by atoms with Crippen LogP contribution in [0.4, 0.5) is 32.3 Å². The molecule has 0 unspecified atom stereocenters. The summed E-state index contributed by atoms with van der Waals surface area (Å²) < 4.78 is 87.1. The molecule has 2 N–H and O–H groups in total. The molecule has 2 atom stereocenters. The van der Waals surface area contributed by atoms with Gasteiger partial charge in [0.1, 0.15) is 15.4 Å². The zero-order chi connectivity index (χ0) is 31.0. The van der Waals surface area contributed by atoms with Gasteiger partial charge in [-0.05, 0) is 18.9 Å². The Hall–Kier alpha value is -3.79. The standard InChI is InChI=1S/C24H20Cl2F6N6O4/c1-3-16(39)34-12-6-4-5-7-13(12)35-21-33-9-11-10-38(22(40)37(2)20(11)36-21)19-17(25)14(41-23(27,28)29)8-15(18(19)26)42-24(30,31)32/h3,8-10,12-13H,1,4-7H2,2H3,(H,34,39)/p+1/t12-,13+/m0/s1. The molecule has 10 nitrogen and oxygen atoms in total. The first-order valence-corrected chi connectivity index (χ1v) is 12.9. The number of carbonyl (C=O) groups is 1. The van der Waals surface area contributed by atoms with Crippen LogP contribution in [0.1, 0.15) is 25.7 Å². The van der Waals surface area contributed by atoms with Crippen molar-refractivity contribution in [2.45, 2.75) is 50.5 Å². The molecule has 0 aliphatic heterocycles. The number of amides is 1. The zero-order valence-corrected chi connectivity index (χ0v) is 23.0. The van der Waals surface area contributed by atoms with E-state index < -0.39 is 45.6 Å². The number of hydrogen-bond acceptors (Lipinski definition) is 7. The Morgan fingerprint density at radius 3 is 2.21 bits per heavy atom. The summed E-state index contributed by atoms with van der Waals surface area (Å²) in [6.07, 6.45) is -4.09. The van der Waals surface area contributed by atoms with E-state index in [1.807, 2.05) is 0 Å². The third-order valence-corrected chi connectivity index (χ3v) is 7.00. The van der Waals surface area contributed by atoms with Crippen LogP contribution in [-0.4, -0.2) is 45.3 Å². The smallest absolute Gasteiger partial charge is 0.404 e. The summed E-state index contributed by atoms with van der Waals surface area (Å²) in [6.45, 7) is 3.45. The van der Waals surface area contributed by atoms with E-state index in [9.17, 15) is 35.9 Å². The lowest BCUT2D eigenvalue weighted by Crippen LogP contribution is -2.52. The van der Waals surface area contributed by atoms with Gasteiger partial charge in [-0.2, -0.15) is 9.13 Å². The predicted molar refractivity (Wildman–Crippen MR) is 138 cm³/mol. The maximum atomic E-state index is 13.3. The minimum atomic E-state index is -5.35. The van der Waals surface area contributed by atoms with E-state index in [0.717, 1.165) is 29.7 Å². The second-order valence-electron chi connectivity index (χ2n) is 9.11. The number of hydrogen-bond donors (Lipinski definition) is 2. The lowest BCUT2D eigenvalue weighted by Gasteiger charge is -2.32. The van der Waals surface area contributed by atoms with Crippen molar-refractivity contribution in [2.75, 3.05) is 5.32 Å². The van der Waals surface area contributed by atoms with Crippen LogP contribution in [0.3, 0.4) is 0 Å². The van der Waals surface area contributed by atoms with Crippen LogP contribution in [0.25, 0.3) is 16.7 Å². The molecule has 3 aromatic rings. The summed E-state index contributed by atoms with van der Waals surface area (Å²) in [7, 11) is 1.26. The number of carbonyl (C=O) groups excluding carboxylic acids is 1. The van der Waals surface area contributed by atoms with Gasteiger partial charge < -0.3 is 20.1 Å². The predicted octanol–water partition coefficient (Wildman–Crippen LogP) is 4.73. The van der Waals surface area contributed by atoms with Gasteiger partial charge in [-0.3, -0.25) is 4.79 Å². The first kappa shape index (κ1) is 31.2. The van der Waals surface area contributed by atoms with Crippen molar-refractivity contribution >= 4 is 46.1 Å². The molecule has 2 aromatic heterocycles. The van der Waals surface area contributed by atoms with Crippen LogP contribution in [0, 0.1) is 0 Å². The first-order chi connectivity index (χ1) is 19.6. The van der Waals surface area contributed by atoms with Crippen LogP contribution in [-0.2, 0) is 11.8 Å². The Balaban J connectivity index is 1.79. The number of halogens is 8. The third kappa shape index (κ3) is 6.98. The van der Waals surface area contributed by atoms with Gasteiger partial charge in [0, 0.05) is 18.3 Å². The van der Waals surface area contributed by atoms with Gasteiger partial charge in [-0.1, -0.05) is 47.6 Å². The van der Waals surface area contributed by atoms with E-state index in [0.29, 0.717) is 17.4 Å². The second-order valence-corrected chi connectivity index (χ2v) is 9.87. The molecule has 0 bridgehead atoms. The van der Waals surface area contributed by atoms with Gasteiger partial charge in [0.25, 0.3) is 5.65 Å². The lowest BCUT2D eigenvalue weighted by atomic mass is 9.90. The van der Waals surface area contributed by atoms with Crippen molar-refractivity contribution < 1.29 is 45.2 Å². The minimum Gasteiger partial charge on any atom is -0.404 e. The van der Waals surface area contributed by atoms with Gasteiger partial charge in [0.15, 0.2) is 17.2 Å². The van der Waals surface area contributed by atoms with Crippen molar-refractivity contribution in [1.29, 1.82) is 0 Å². The van der Waals surface area contributed by atoms with Crippen molar-refractivity contribution in [3.8, 4) is 17.2 Å². The fourth-order valence-electron chi connectivity index (χ4n) is 4.49. The molecule has 1 fully saturated rings. The highest BCUT2D eigenvalue weighted by Crippen LogP contribution is 2.45. The largest absolute Gasteiger partial charge is 0.573 e. The highest BCUT2D eigenvalue weighted by atomic mass is 35.5. The van der Waals surface area contributed by atoms with E-state index >= 15 is 0 Å². The average molecular weight is 642 g/mol. The molecule has 1 aromatic carbocycles. The molecule has 0 saturated heterocycles. The summed E-state index contributed by atoms with van der Waals surface area (Å²) in [4.78, 5) is 33.7. The molecular formula is C24H21Cl2F6N6O4+. The van der Waals surface area contributed by atoms with Crippen molar-refractivity contribution in [3.05, 3.63) is 51.6 Å². The molecule has 1 aliphatic rings. The zero-order valence-electron chi connectivity index (χ0n) is 21.4. The average Bonchev–Trinajstić information content (AvgIpc) is 2.89. The molecule has 1 saturated carbocycles. The van der Waals surface area contributed by atoms with E-state index in [4.69, 9.17) is 23.2 Å². The first-order valence-electron chi connectivity index (χ1n) is 12.1. The van der Waals surface area contributed by atoms with Gasteiger partial charge in [-0.15, -0.1) is 26.3 Å². The van der Waals surface area contributed by atoms with Gasteiger partial charge in [0.05, 0.1) is 19.3 Å². The Kier molecular flexibility index (Phi) is 8.78. The fraction of sp³-hybridized carbons (Fsp3) is 0.375. The van der Waals surface area contributed by atoms with Crippen LogP contribution >= 0.6 is 23.2 Å². The maximum absolute atomic E-state index is 13.3. The number of rotatable bonds is 7. The van der Waals surface area contributed by atoms with Crippen molar-refractivity contribution in [2.24, 2.45) is 7.05 Å². The van der Waals surface area contributed by atoms with Crippen LogP contribution in [0.2, 0.25) is 10.0 Å². The monoisotopic (exact) mass is 641 g/mol. The van der Waals surface area contributed by atoms with Gasteiger partial charge in [0.2, 0.25) is 5.91 Å². The normalized spacial score (nSPS) is 17.5. The molecule has 4 rings (SSSR count). The number of benzene rings is 1. The number of aryl methyl sites for hydroxylation is 1. The summed E-state index contributed by atoms with van der Waals surface area (Å²) >= 11 is 12.1. The lowest BCUT2D eigenvalue weighted by molar-refractivity contribution is -0.666. The SMILES string of the molecule is C=CC(=O)N[C@H]1CCCC[C@H]1Nc1ncc2cn(-c3c(Cl)c(OC(F)(F)F)cc(OC(F)(F)F)c3Cl)c(=O)[n+](C)c2n1. The molecule has 0 spiro atoms. The van der Waals surface area contributed by atoms with E-state index in [2.05, 4.69) is 36.7 Å². The maximum Gasteiger partial charge on any atom is 0.573 e. The number of ether oxygens (including phenoxy) is 2. The molecule has 1 amide bonds. The Bertz CT molecular complexity index is 1560. The van der Waals surface area contributed by atoms with Gasteiger partial charge >= 0.3 is 24.4 Å². The van der Waals surface area contributed by atoms with Crippen LogP contribution < -0.4 is 30.4 Å². The highest BCUT2D eigenvalue weighted by Gasteiger charge is 2.38. The molecule has 42 heavy (non-hydrogen) atoms. The summed E-state index contributed by atoms with van der Waals surface area (Å²) in [6, 6.07) is -0.279. The summed E-state index contributed by atoms with van der Waals surface area (Å²) in [5, 5.41) is 4.29. The summed E-state index contributed by atoms with van der Waals surface area (Å²) in [5.74, 6) is -2.82. The number of alkyl halides is 6. The number of nitrogens with one attached hydrogen (secondary N) is 2. The summed E-state index contributed by atoms with van der Waals surface area (Å²) in [5.41, 5.74) is -1.71. The van der Waals surface area contributed by atoms with E-state index in [1.54, 1.807) is 0 Å². The third-order valence-electron chi connectivity index (χ3n) is 6.27. The van der Waals surface area contributed by atoms with E-state index in [1.165, 1.54) is 13.2 Å². The Labute approximate surface area is 242 Å². The quantitative estimate of drug-likeness (QED) is 0.218. The number of anilines is 1. The molecule has 0 radical (unpaired) electrons. The van der Waals surface area contributed by atoms with Gasteiger partial charge in [-0.25, -0.2) is 9.78 Å². The highest BCUT2D eigenvalue weighted by molar-refractivity contribution is 6.39. The van der Waals surface area contributed by atoms with Crippen LogP contribution in [0.5, 0.6) is 11.5 Å².